The Morgan fingerprint density at radius 1 is 0.974 bits per heavy atom. The predicted molar refractivity (Wildman–Crippen MR) is 144 cm³/mol. The quantitative estimate of drug-likeness (QED) is 0.262. The van der Waals surface area contributed by atoms with Crippen LogP contribution < -0.4 is 25.1 Å². The Balaban J connectivity index is 1.30. The number of carbonyl (C=O) groups excluding carboxylic acids is 1. The van der Waals surface area contributed by atoms with Crippen molar-refractivity contribution in [3.8, 4) is 28.6 Å². The summed E-state index contributed by atoms with van der Waals surface area (Å²) in [4.78, 5) is 27.4. The lowest BCUT2D eigenvalue weighted by atomic mass is 10.2. The number of aromatic amines is 1. The van der Waals surface area contributed by atoms with Gasteiger partial charge in [0.25, 0.3) is 5.56 Å². The number of aryl methyl sites for hydroxylation is 1. The van der Waals surface area contributed by atoms with Gasteiger partial charge in [-0.05, 0) is 48.0 Å². The molecular formula is C28H27ClN4O5. The Morgan fingerprint density at radius 2 is 1.82 bits per heavy atom. The largest absolute Gasteiger partial charge is 0.493 e. The van der Waals surface area contributed by atoms with E-state index in [4.69, 9.17) is 25.8 Å². The maximum absolute atomic E-state index is 12.6. The van der Waals surface area contributed by atoms with Crippen LogP contribution in [0.15, 0.2) is 77.6 Å². The fraction of sp³-hybridized carbons (Fsp3) is 0.214. The van der Waals surface area contributed by atoms with Gasteiger partial charge in [-0.2, -0.15) is 0 Å². The second-order valence-corrected chi connectivity index (χ2v) is 8.68. The van der Waals surface area contributed by atoms with E-state index in [0.717, 1.165) is 11.3 Å². The molecule has 0 saturated heterocycles. The van der Waals surface area contributed by atoms with Crippen LogP contribution in [-0.4, -0.2) is 41.3 Å². The topological polar surface area (TPSA) is 115 Å². The predicted octanol–water partition coefficient (Wildman–Crippen LogP) is 4.20. The molecule has 1 amide bonds. The molecule has 0 unspecified atom stereocenters. The number of halogens is 1. The van der Waals surface area contributed by atoms with Crippen molar-refractivity contribution in [2.24, 2.45) is 0 Å². The number of nitrogens with one attached hydrogen (secondary N) is 2. The lowest BCUT2D eigenvalue weighted by Crippen LogP contribution is -2.29. The average molecular weight is 535 g/mol. The third-order valence-electron chi connectivity index (χ3n) is 5.51. The SMILES string of the molecule is COc1cc(-c2nnc(CCC(=O)NCCOc3ccccc3)c(=O)[nH]2)ccc1OCc1cccc(Cl)c1. The molecule has 0 saturated carbocycles. The van der Waals surface area contributed by atoms with Crippen molar-refractivity contribution in [2.75, 3.05) is 20.3 Å². The molecule has 0 bridgehead atoms. The lowest BCUT2D eigenvalue weighted by Gasteiger charge is -2.12. The van der Waals surface area contributed by atoms with Gasteiger partial charge in [-0.15, -0.1) is 10.2 Å². The third kappa shape index (κ3) is 7.57. The van der Waals surface area contributed by atoms with Gasteiger partial charge in [0.2, 0.25) is 5.91 Å². The molecule has 196 valence electrons. The number of hydrogen-bond acceptors (Lipinski definition) is 7. The number of rotatable bonds is 12. The van der Waals surface area contributed by atoms with E-state index in [9.17, 15) is 9.59 Å². The van der Waals surface area contributed by atoms with E-state index in [0.29, 0.717) is 41.8 Å². The van der Waals surface area contributed by atoms with E-state index >= 15 is 0 Å². The summed E-state index contributed by atoms with van der Waals surface area (Å²) in [5.74, 6) is 1.82. The van der Waals surface area contributed by atoms with Crippen molar-refractivity contribution in [3.63, 3.8) is 0 Å². The number of para-hydroxylation sites is 1. The Labute approximate surface area is 224 Å². The molecule has 1 heterocycles. The molecule has 0 radical (unpaired) electrons. The number of ether oxygens (including phenoxy) is 3. The van der Waals surface area contributed by atoms with Crippen molar-refractivity contribution in [2.45, 2.75) is 19.4 Å². The highest BCUT2D eigenvalue weighted by atomic mass is 35.5. The normalized spacial score (nSPS) is 10.6. The second-order valence-electron chi connectivity index (χ2n) is 8.25. The van der Waals surface area contributed by atoms with Crippen molar-refractivity contribution >= 4 is 17.5 Å². The highest BCUT2D eigenvalue weighted by Crippen LogP contribution is 2.31. The highest BCUT2D eigenvalue weighted by molar-refractivity contribution is 6.30. The van der Waals surface area contributed by atoms with Gasteiger partial charge in [0.15, 0.2) is 17.3 Å². The van der Waals surface area contributed by atoms with Gasteiger partial charge in [-0.3, -0.25) is 9.59 Å². The summed E-state index contributed by atoms with van der Waals surface area (Å²) in [6.45, 7) is 1.02. The first kappa shape index (κ1) is 26.7. The number of benzene rings is 3. The number of aromatic nitrogens is 3. The highest BCUT2D eigenvalue weighted by Gasteiger charge is 2.12. The number of hydrogen-bond donors (Lipinski definition) is 2. The van der Waals surface area contributed by atoms with Crippen molar-refractivity contribution in [3.05, 3.63) is 99.4 Å². The Bertz CT molecular complexity index is 1430. The first-order valence-electron chi connectivity index (χ1n) is 12.0. The molecule has 0 aliphatic heterocycles. The smallest absolute Gasteiger partial charge is 0.273 e. The van der Waals surface area contributed by atoms with E-state index in [1.54, 1.807) is 24.3 Å². The maximum atomic E-state index is 12.6. The maximum Gasteiger partial charge on any atom is 0.273 e. The van der Waals surface area contributed by atoms with Crippen LogP contribution in [0.1, 0.15) is 17.7 Å². The number of H-pyrrole nitrogens is 1. The van der Waals surface area contributed by atoms with Crippen molar-refractivity contribution in [1.29, 1.82) is 0 Å². The number of nitrogens with zero attached hydrogens (tertiary/aromatic N) is 2. The van der Waals surface area contributed by atoms with E-state index in [1.807, 2.05) is 48.5 Å². The Hall–Kier alpha value is -4.37. The molecule has 0 spiro atoms. The molecule has 0 aliphatic rings. The van der Waals surface area contributed by atoms with Crippen LogP contribution in [0.5, 0.6) is 17.2 Å². The lowest BCUT2D eigenvalue weighted by molar-refractivity contribution is -0.121. The first-order valence-corrected chi connectivity index (χ1v) is 12.4. The Morgan fingerprint density at radius 3 is 2.58 bits per heavy atom. The minimum atomic E-state index is -0.407. The van der Waals surface area contributed by atoms with Crippen LogP contribution in [0.3, 0.4) is 0 Å². The summed E-state index contributed by atoms with van der Waals surface area (Å²) in [5, 5.41) is 11.6. The van der Waals surface area contributed by atoms with Gasteiger partial charge >= 0.3 is 0 Å². The monoisotopic (exact) mass is 534 g/mol. The standard InChI is InChI=1S/C28H27ClN4O5/c1-36-25-17-20(10-12-24(25)38-18-19-6-5-7-21(29)16-19)27-31-28(35)23(32-33-27)11-13-26(34)30-14-15-37-22-8-3-2-4-9-22/h2-10,12,16-17H,11,13-15,18H2,1H3,(H,30,34)(H,31,33,35). The van der Waals surface area contributed by atoms with Gasteiger partial charge in [0, 0.05) is 23.4 Å². The molecule has 1 aromatic heterocycles. The van der Waals surface area contributed by atoms with Gasteiger partial charge in [-0.1, -0.05) is 41.9 Å². The van der Waals surface area contributed by atoms with E-state index in [-0.39, 0.29) is 30.3 Å². The zero-order chi connectivity index (χ0) is 26.7. The minimum Gasteiger partial charge on any atom is -0.493 e. The van der Waals surface area contributed by atoms with E-state index in [2.05, 4.69) is 20.5 Å². The zero-order valence-electron chi connectivity index (χ0n) is 20.8. The van der Waals surface area contributed by atoms with Crippen LogP contribution >= 0.6 is 11.6 Å². The first-order chi connectivity index (χ1) is 18.5. The molecule has 0 aliphatic carbocycles. The summed E-state index contributed by atoms with van der Waals surface area (Å²) in [5.41, 5.74) is 1.29. The summed E-state index contributed by atoms with van der Waals surface area (Å²) in [7, 11) is 1.53. The van der Waals surface area contributed by atoms with Gasteiger partial charge in [0.1, 0.15) is 24.7 Å². The summed E-state index contributed by atoms with van der Waals surface area (Å²) < 4.78 is 16.9. The fourth-order valence-corrected chi connectivity index (χ4v) is 3.79. The van der Waals surface area contributed by atoms with Crippen LogP contribution in [0.4, 0.5) is 0 Å². The molecule has 3 aromatic carbocycles. The number of amides is 1. The van der Waals surface area contributed by atoms with Crippen molar-refractivity contribution in [1.82, 2.24) is 20.5 Å². The minimum absolute atomic E-state index is 0.106. The molecule has 38 heavy (non-hydrogen) atoms. The molecule has 2 N–H and O–H groups in total. The molecule has 0 atom stereocenters. The number of carbonyl (C=O) groups is 1. The van der Waals surface area contributed by atoms with Crippen LogP contribution in [0.25, 0.3) is 11.4 Å². The number of methoxy groups -OCH3 is 1. The van der Waals surface area contributed by atoms with E-state index in [1.165, 1.54) is 7.11 Å². The average Bonchev–Trinajstić information content (AvgIpc) is 2.94. The molecule has 0 fully saturated rings. The molecule has 4 rings (SSSR count). The van der Waals surface area contributed by atoms with Crippen LogP contribution in [-0.2, 0) is 17.8 Å². The van der Waals surface area contributed by atoms with Crippen LogP contribution in [0.2, 0.25) is 5.02 Å². The zero-order valence-corrected chi connectivity index (χ0v) is 21.5. The molecular weight excluding hydrogens is 508 g/mol. The third-order valence-corrected chi connectivity index (χ3v) is 5.75. The molecule has 9 nitrogen and oxygen atoms in total. The van der Waals surface area contributed by atoms with Gasteiger partial charge in [0.05, 0.1) is 13.7 Å². The summed E-state index contributed by atoms with van der Waals surface area (Å²) in [6.07, 6.45) is 0.266. The van der Waals surface area contributed by atoms with Gasteiger partial charge in [-0.25, -0.2) is 0 Å². The van der Waals surface area contributed by atoms with Gasteiger partial charge < -0.3 is 24.5 Å². The summed E-state index contributed by atoms with van der Waals surface area (Å²) in [6, 6.07) is 21.9. The van der Waals surface area contributed by atoms with Crippen LogP contribution in [0, 0.1) is 0 Å². The van der Waals surface area contributed by atoms with E-state index < -0.39 is 5.56 Å². The van der Waals surface area contributed by atoms with Crippen molar-refractivity contribution < 1.29 is 19.0 Å². The Kier molecular flexibility index (Phi) is 9.31. The summed E-state index contributed by atoms with van der Waals surface area (Å²) >= 11 is 6.03. The second kappa shape index (κ2) is 13.3. The molecule has 10 heteroatoms. The fourth-order valence-electron chi connectivity index (χ4n) is 3.57. The molecule has 4 aromatic rings.